The van der Waals surface area contributed by atoms with Crippen LogP contribution in [0.25, 0.3) is 5.82 Å². The number of hydrogen-bond donors (Lipinski definition) is 4. The van der Waals surface area contributed by atoms with Crippen molar-refractivity contribution in [1.29, 1.82) is 0 Å². The van der Waals surface area contributed by atoms with Crippen LogP contribution in [0.3, 0.4) is 0 Å². The number of aliphatic hydroxyl groups excluding tert-OH is 1. The Morgan fingerprint density at radius 1 is 1.08 bits per heavy atom. The molecule has 184 valence electrons. The number of nitrogens with one attached hydrogen (secondary N) is 3. The number of nitrogens with zero attached hydrogens (tertiary/aromatic N) is 3. The highest BCUT2D eigenvalue weighted by atomic mass is 35.5. The molecular weight excluding hydrogens is 480 g/mol. The molecule has 0 radical (unpaired) electrons. The van der Waals surface area contributed by atoms with Gasteiger partial charge in [0, 0.05) is 47.5 Å². The average molecular weight is 505 g/mol. The van der Waals surface area contributed by atoms with Crippen molar-refractivity contribution in [2.24, 2.45) is 0 Å². The van der Waals surface area contributed by atoms with Crippen LogP contribution >= 0.6 is 11.6 Å². The maximum absolute atomic E-state index is 12.9. The van der Waals surface area contributed by atoms with E-state index in [1.54, 1.807) is 84.8 Å². The molecule has 4 rings (SSSR count). The van der Waals surface area contributed by atoms with Gasteiger partial charge >= 0.3 is 0 Å². The van der Waals surface area contributed by atoms with Gasteiger partial charge < -0.3 is 25.6 Å². The lowest BCUT2D eigenvalue weighted by Gasteiger charge is -2.16. The van der Waals surface area contributed by atoms with Gasteiger partial charge in [0.25, 0.3) is 11.8 Å². The van der Waals surface area contributed by atoms with Gasteiger partial charge in [-0.3, -0.25) is 9.59 Å². The quantitative estimate of drug-likeness (QED) is 0.289. The molecule has 2 heterocycles. The Morgan fingerprint density at radius 2 is 1.86 bits per heavy atom. The summed E-state index contributed by atoms with van der Waals surface area (Å²) in [6, 6.07) is 15.0. The van der Waals surface area contributed by atoms with Crippen molar-refractivity contribution in [2.75, 3.05) is 19.0 Å². The molecule has 0 fully saturated rings. The molecule has 0 aliphatic heterocycles. The highest BCUT2D eigenvalue weighted by molar-refractivity contribution is 6.30. The van der Waals surface area contributed by atoms with Crippen LogP contribution in [0.15, 0.2) is 73.2 Å². The van der Waals surface area contributed by atoms with E-state index in [-0.39, 0.29) is 18.4 Å². The highest BCUT2D eigenvalue weighted by Gasteiger charge is 2.17. The van der Waals surface area contributed by atoms with E-state index in [9.17, 15) is 14.7 Å². The van der Waals surface area contributed by atoms with Crippen molar-refractivity contribution in [1.82, 2.24) is 25.2 Å². The molecule has 2 aromatic heterocycles. The number of hydrogen-bond acceptors (Lipinski definition) is 6. The number of amides is 2. The first-order valence-corrected chi connectivity index (χ1v) is 11.5. The van der Waals surface area contributed by atoms with Gasteiger partial charge in [0.2, 0.25) is 5.95 Å². The highest BCUT2D eigenvalue weighted by Crippen LogP contribution is 2.20. The van der Waals surface area contributed by atoms with E-state index in [1.165, 1.54) is 0 Å². The first-order chi connectivity index (χ1) is 17.4. The van der Waals surface area contributed by atoms with E-state index in [0.717, 1.165) is 11.3 Å². The molecule has 36 heavy (non-hydrogen) atoms. The van der Waals surface area contributed by atoms with Crippen LogP contribution in [-0.2, 0) is 0 Å². The zero-order chi connectivity index (χ0) is 25.7. The van der Waals surface area contributed by atoms with Crippen LogP contribution in [0.1, 0.15) is 37.9 Å². The van der Waals surface area contributed by atoms with Crippen LogP contribution in [-0.4, -0.2) is 45.1 Å². The molecule has 0 saturated carbocycles. The first kappa shape index (κ1) is 24.9. The zero-order valence-electron chi connectivity index (χ0n) is 19.7. The molecule has 2 aromatic carbocycles. The van der Waals surface area contributed by atoms with E-state index in [2.05, 4.69) is 25.9 Å². The van der Waals surface area contributed by atoms with Crippen LogP contribution in [0, 0.1) is 6.92 Å². The minimum Gasteiger partial charge on any atom is -0.394 e. The summed E-state index contributed by atoms with van der Waals surface area (Å²) in [7, 11) is 1.58. The Kier molecular flexibility index (Phi) is 7.62. The summed E-state index contributed by atoms with van der Waals surface area (Å²) in [5.74, 6) is 0.459. The third-order valence-electron chi connectivity index (χ3n) is 5.51. The van der Waals surface area contributed by atoms with E-state index < -0.39 is 6.04 Å². The summed E-state index contributed by atoms with van der Waals surface area (Å²) in [6.45, 7) is 1.61. The summed E-state index contributed by atoms with van der Waals surface area (Å²) >= 11 is 6.04. The van der Waals surface area contributed by atoms with Crippen molar-refractivity contribution < 1.29 is 14.7 Å². The van der Waals surface area contributed by atoms with E-state index in [4.69, 9.17) is 11.6 Å². The first-order valence-electron chi connectivity index (χ1n) is 11.2. The van der Waals surface area contributed by atoms with Crippen LogP contribution < -0.4 is 16.0 Å². The lowest BCUT2D eigenvalue weighted by Crippen LogP contribution is -2.30. The van der Waals surface area contributed by atoms with Crippen molar-refractivity contribution >= 4 is 35.1 Å². The third-order valence-corrected chi connectivity index (χ3v) is 5.75. The maximum atomic E-state index is 12.9. The number of anilines is 2. The van der Waals surface area contributed by atoms with Crippen LogP contribution in [0.2, 0.25) is 5.02 Å². The molecule has 10 heteroatoms. The van der Waals surface area contributed by atoms with Gasteiger partial charge in [-0.15, -0.1) is 0 Å². The van der Waals surface area contributed by atoms with Gasteiger partial charge in [-0.2, -0.15) is 4.98 Å². The molecule has 9 nitrogen and oxygen atoms in total. The fourth-order valence-electron chi connectivity index (χ4n) is 3.59. The maximum Gasteiger partial charge on any atom is 0.253 e. The normalized spacial score (nSPS) is 11.6. The summed E-state index contributed by atoms with van der Waals surface area (Å²) < 4.78 is 1.74. The fourth-order valence-corrected chi connectivity index (χ4v) is 3.79. The van der Waals surface area contributed by atoms with E-state index >= 15 is 0 Å². The Labute approximate surface area is 213 Å². The Morgan fingerprint density at radius 3 is 2.56 bits per heavy atom. The van der Waals surface area contributed by atoms with Crippen molar-refractivity contribution in [3.05, 3.63) is 100 Å². The molecule has 1 unspecified atom stereocenters. The molecule has 0 saturated heterocycles. The number of aryl methyl sites for hydroxylation is 1. The number of benzene rings is 2. The van der Waals surface area contributed by atoms with E-state index in [0.29, 0.717) is 33.5 Å². The number of aliphatic hydroxyl groups is 1. The summed E-state index contributed by atoms with van der Waals surface area (Å²) in [5.41, 5.74) is 3.20. The molecule has 4 N–H and O–H groups in total. The Bertz CT molecular complexity index is 1390. The largest absolute Gasteiger partial charge is 0.394 e. The number of carbonyl (C=O) groups excluding carboxylic acids is 2. The molecule has 4 aromatic rings. The lowest BCUT2D eigenvalue weighted by molar-refractivity contribution is 0.0915. The molecular formula is C26H25ClN6O3. The predicted octanol–water partition coefficient (Wildman–Crippen LogP) is 3.80. The second-order valence-corrected chi connectivity index (χ2v) is 8.49. The number of carbonyl (C=O) groups is 2. The zero-order valence-corrected chi connectivity index (χ0v) is 20.5. The Hall–Kier alpha value is -4.21. The smallest absolute Gasteiger partial charge is 0.253 e. The monoisotopic (exact) mass is 504 g/mol. The van der Waals surface area contributed by atoms with Crippen molar-refractivity contribution in [2.45, 2.75) is 13.0 Å². The van der Waals surface area contributed by atoms with E-state index in [1.807, 2.05) is 6.92 Å². The summed E-state index contributed by atoms with van der Waals surface area (Å²) in [6.07, 6.45) is 5.09. The van der Waals surface area contributed by atoms with Gasteiger partial charge in [0.05, 0.1) is 18.2 Å². The number of halogens is 1. The number of rotatable bonds is 8. The van der Waals surface area contributed by atoms with Gasteiger partial charge in [0.15, 0.2) is 0 Å². The summed E-state index contributed by atoms with van der Waals surface area (Å²) in [5, 5.41) is 18.9. The Balaban J connectivity index is 1.50. The second-order valence-electron chi connectivity index (χ2n) is 8.05. The molecule has 0 bridgehead atoms. The van der Waals surface area contributed by atoms with Gasteiger partial charge in [-0.1, -0.05) is 23.7 Å². The second kappa shape index (κ2) is 11.0. The number of aromatic nitrogens is 3. The van der Waals surface area contributed by atoms with Gasteiger partial charge in [-0.25, -0.2) is 4.98 Å². The fraction of sp³-hybridized carbons (Fsp3) is 0.154. The average Bonchev–Trinajstić information content (AvgIpc) is 3.38. The molecule has 0 aliphatic carbocycles. The summed E-state index contributed by atoms with van der Waals surface area (Å²) in [4.78, 5) is 33.5. The predicted molar refractivity (Wildman–Crippen MR) is 138 cm³/mol. The minimum absolute atomic E-state index is 0.166. The standard InChI is InChI=1S/C26H25ClN6O3/c1-16-13-29-26(30-21-8-6-17(7-9-21)24(35)28-2)32-23(16)33-11-10-19(14-33)25(36)31-22(15-34)18-4-3-5-20(27)12-18/h3-14,22,34H,15H2,1-2H3,(H,28,35)(H,31,36)(H,29,30,32). The van der Waals surface area contributed by atoms with Crippen molar-refractivity contribution in [3.63, 3.8) is 0 Å². The molecule has 0 spiro atoms. The molecule has 1 atom stereocenters. The topological polar surface area (TPSA) is 121 Å². The minimum atomic E-state index is -0.592. The third kappa shape index (κ3) is 5.70. The molecule has 0 aliphatic rings. The molecule has 2 amide bonds. The van der Waals surface area contributed by atoms with Crippen molar-refractivity contribution in [3.8, 4) is 5.82 Å². The SMILES string of the molecule is CNC(=O)c1ccc(Nc2ncc(C)c(-n3ccc(C(=O)NC(CO)c4cccc(Cl)c4)c3)n2)cc1. The van der Waals surface area contributed by atoms with Gasteiger partial charge in [-0.05, 0) is 55.0 Å². The lowest BCUT2D eigenvalue weighted by atomic mass is 10.1. The van der Waals surface area contributed by atoms with Crippen LogP contribution in [0.4, 0.5) is 11.6 Å². The van der Waals surface area contributed by atoms with Crippen LogP contribution in [0.5, 0.6) is 0 Å². The van der Waals surface area contributed by atoms with Gasteiger partial charge in [0.1, 0.15) is 5.82 Å².